The van der Waals surface area contributed by atoms with Gasteiger partial charge >= 0.3 is 0 Å². The van der Waals surface area contributed by atoms with Gasteiger partial charge in [-0.2, -0.15) is 0 Å². The van der Waals surface area contributed by atoms with Crippen LogP contribution >= 0.6 is 0 Å². The second-order valence-electron chi connectivity index (χ2n) is 4.14. The zero-order valence-corrected chi connectivity index (χ0v) is 9.89. The number of piperidine rings is 1. The fourth-order valence-electron chi connectivity index (χ4n) is 1.97. The molecule has 5 heteroatoms. The number of aliphatic hydroxyl groups is 1. The molecule has 0 radical (unpaired) electrons. The Hall–Kier alpha value is -1.88. The number of imide groups is 1. The lowest BCUT2D eigenvalue weighted by Crippen LogP contribution is -2.39. The average molecular weight is 249 g/mol. The summed E-state index contributed by atoms with van der Waals surface area (Å²) in [6.45, 7) is 0.215. The third kappa shape index (κ3) is 2.87. The predicted molar refractivity (Wildman–Crippen MR) is 64.1 cm³/mol. The number of benzene rings is 1. The molecule has 0 saturated carbocycles. The molecule has 1 aromatic rings. The monoisotopic (exact) mass is 249 g/mol. The molecule has 1 aromatic carbocycles. The maximum Gasteiger partial charge on any atom is 0.234 e. The van der Waals surface area contributed by atoms with Crippen molar-refractivity contribution in [2.24, 2.45) is 0 Å². The summed E-state index contributed by atoms with van der Waals surface area (Å²) in [5, 5.41) is 11.0. The molecule has 0 aliphatic carbocycles. The lowest BCUT2D eigenvalue weighted by Gasteiger charge is -2.21. The summed E-state index contributed by atoms with van der Waals surface area (Å²) >= 11 is 0. The largest absolute Gasteiger partial charge is 0.491 e. The smallest absolute Gasteiger partial charge is 0.234 e. The molecule has 18 heavy (non-hydrogen) atoms. The number of rotatable bonds is 4. The average Bonchev–Trinajstić information content (AvgIpc) is 2.37. The van der Waals surface area contributed by atoms with E-state index in [-0.39, 0.29) is 30.9 Å². The first-order chi connectivity index (χ1) is 8.70. The molecule has 0 spiro atoms. The van der Waals surface area contributed by atoms with Crippen molar-refractivity contribution in [1.29, 1.82) is 0 Å². The molecule has 1 saturated heterocycles. The molecule has 2 N–H and O–H groups in total. The first-order valence-electron chi connectivity index (χ1n) is 5.88. The van der Waals surface area contributed by atoms with Crippen molar-refractivity contribution in [3.63, 3.8) is 0 Å². The molecule has 1 aliphatic heterocycles. The summed E-state index contributed by atoms with van der Waals surface area (Å²) in [4.78, 5) is 22.7. The Labute approximate surface area is 105 Å². The van der Waals surface area contributed by atoms with Crippen LogP contribution < -0.4 is 10.1 Å². The van der Waals surface area contributed by atoms with E-state index in [1.54, 1.807) is 12.1 Å². The number of ether oxygens (including phenoxy) is 1. The number of hydrogen-bond donors (Lipinski definition) is 2. The molecule has 1 heterocycles. The summed E-state index contributed by atoms with van der Waals surface area (Å²) in [6.07, 6.45) is 0.917. The van der Waals surface area contributed by atoms with Crippen molar-refractivity contribution < 1.29 is 19.4 Å². The highest BCUT2D eigenvalue weighted by atomic mass is 16.5. The van der Waals surface area contributed by atoms with Crippen LogP contribution in [0.2, 0.25) is 0 Å². The van der Waals surface area contributed by atoms with E-state index in [0.29, 0.717) is 18.6 Å². The first kappa shape index (κ1) is 12.6. The molecule has 1 unspecified atom stereocenters. The Morgan fingerprint density at radius 3 is 2.61 bits per heavy atom. The Bertz CT molecular complexity index is 441. The number of nitrogens with one attached hydrogen (secondary N) is 1. The molecule has 1 atom stereocenters. The molecule has 1 aliphatic rings. The van der Waals surface area contributed by atoms with E-state index in [1.807, 2.05) is 12.1 Å². The molecule has 1 fully saturated rings. The minimum atomic E-state index is -0.269. The van der Waals surface area contributed by atoms with Crippen LogP contribution in [0.1, 0.15) is 24.3 Å². The Kier molecular flexibility index (Phi) is 3.94. The van der Waals surface area contributed by atoms with Gasteiger partial charge in [-0.3, -0.25) is 14.9 Å². The van der Waals surface area contributed by atoms with Crippen molar-refractivity contribution in [2.75, 3.05) is 13.2 Å². The van der Waals surface area contributed by atoms with Gasteiger partial charge in [0.25, 0.3) is 0 Å². The minimum Gasteiger partial charge on any atom is -0.491 e. The van der Waals surface area contributed by atoms with Gasteiger partial charge in [-0.15, -0.1) is 0 Å². The van der Waals surface area contributed by atoms with E-state index in [4.69, 9.17) is 9.84 Å². The fraction of sp³-hybridized carbons (Fsp3) is 0.385. The third-order valence-corrected chi connectivity index (χ3v) is 2.88. The standard InChI is InChI=1S/C13H15NO4/c15-7-8-18-10-3-1-9(2-4-10)11-5-6-12(16)14-13(11)17/h1-4,11,15H,5-8H2,(H,14,16,17). The van der Waals surface area contributed by atoms with Gasteiger partial charge in [0.05, 0.1) is 12.5 Å². The number of carbonyl (C=O) groups is 2. The van der Waals surface area contributed by atoms with Crippen LogP contribution in [-0.4, -0.2) is 30.1 Å². The van der Waals surface area contributed by atoms with Gasteiger partial charge in [0, 0.05) is 6.42 Å². The van der Waals surface area contributed by atoms with Gasteiger partial charge < -0.3 is 9.84 Å². The molecule has 5 nitrogen and oxygen atoms in total. The van der Waals surface area contributed by atoms with Gasteiger partial charge in [-0.25, -0.2) is 0 Å². The van der Waals surface area contributed by atoms with Crippen molar-refractivity contribution in [3.8, 4) is 5.75 Å². The Morgan fingerprint density at radius 2 is 2.00 bits per heavy atom. The van der Waals surface area contributed by atoms with E-state index < -0.39 is 0 Å². The summed E-state index contributed by atoms with van der Waals surface area (Å²) in [5.74, 6) is -0.0656. The molecule has 0 bridgehead atoms. The molecular formula is C13H15NO4. The number of hydrogen-bond acceptors (Lipinski definition) is 4. The normalized spacial score (nSPS) is 19.5. The zero-order valence-electron chi connectivity index (χ0n) is 9.89. The summed E-state index contributed by atoms with van der Waals surface area (Å²) in [6, 6.07) is 7.14. The SMILES string of the molecule is O=C1CCC(c2ccc(OCCO)cc2)C(=O)N1. The van der Waals surface area contributed by atoms with Crippen LogP contribution in [0.15, 0.2) is 24.3 Å². The Balaban J connectivity index is 2.05. The van der Waals surface area contributed by atoms with Gasteiger partial charge in [-0.05, 0) is 24.1 Å². The van der Waals surface area contributed by atoms with Crippen LogP contribution in [0, 0.1) is 0 Å². The summed E-state index contributed by atoms with van der Waals surface area (Å²) in [5.41, 5.74) is 0.872. The maximum absolute atomic E-state index is 11.7. The maximum atomic E-state index is 11.7. The van der Waals surface area contributed by atoms with Gasteiger partial charge in [0.1, 0.15) is 12.4 Å². The number of carbonyl (C=O) groups excluding carboxylic acids is 2. The van der Waals surface area contributed by atoms with Gasteiger partial charge in [-0.1, -0.05) is 12.1 Å². The Morgan fingerprint density at radius 1 is 1.28 bits per heavy atom. The van der Waals surface area contributed by atoms with Crippen molar-refractivity contribution in [2.45, 2.75) is 18.8 Å². The second-order valence-corrected chi connectivity index (χ2v) is 4.14. The van der Waals surface area contributed by atoms with Crippen LogP contribution in [0.5, 0.6) is 5.75 Å². The van der Waals surface area contributed by atoms with E-state index in [1.165, 1.54) is 0 Å². The van der Waals surface area contributed by atoms with Crippen LogP contribution in [0.4, 0.5) is 0 Å². The summed E-state index contributed by atoms with van der Waals surface area (Å²) in [7, 11) is 0. The highest BCUT2D eigenvalue weighted by molar-refractivity contribution is 6.00. The molecule has 96 valence electrons. The number of aliphatic hydroxyl groups excluding tert-OH is 1. The second kappa shape index (κ2) is 5.64. The van der Waals surface area contributed by atoms with E-state index in [9.17, 15) is 9.59 Å². The first-order valence-corrected chi connectivity index (χ1v) is 5.88. The molecule has 0 aromatic heterocycles. The van der Waals surface area contributed by atoms with Crippen LogP contribution in [-0.2, 0) is 9.59 Å². The van der Waals surface area contributed by atoms with E-state index in [0.717, 1.165) is 5.56 Å². The lowest BCUT2D eigenvalue weighted by atomic mass is 9.90. The summed E-state index contributed by atoms with van der Waals surface area (Å²) < 4.78 is 5.24. The van der Waals surface area contributed by atoms with Crippen molar-refractivity contribution in [1.82, 2.24) is 5.32 Å². The number of amides is 2. The molecule has 2 rings (SSSR count). The van der Waals surface area contributed by atoms with Crippen LogP contribution in [0.25, 0.3) is 0 Å². The topological polar surface area (TPSA) is 75.6 Å². The third-order valence-electron chi connectivity index (χ3n) is 2.88. The highest BCUT2D eigenvalue weighted by Crippen LogP contribution is 2.26. The predicted octanol–water partition coefficient (Wildman–Crippen LogP) is 0.578. The van der Waals surface area contributed by atoms with Crippen molar-refractivity contribution in [3.05, 3.63) is 29.8 Å². The van der Waals surface area contributed by atoms with E-state index in [2.05, 4.69) is 5.32 Å². The fourth-order valence-corrected chi connectivity index (χ4v) is 1.97. The molecule has 2 amide bonds. The lowest BCUT2D eigenvalue weighted by molar-refractivity contribution is -0.134. The molecular weight excluding hydrogens is 234 g/mol. The van der Waals surface area contributed by atoms with Gasteiger partial charge in [0.15, 0.2) is 0 Å². The minimum absolute atomic E-state index is 0.0328. The quantitative estimate of drug-likeness (QED) is 0.765. The van der Waals surface area contributed by atoms with Crippen LogP contribution in [0.3, 0.4) is 0 Å². The zero-order chi connectivity index (χ0) is 13.0. The van der Waals surface area contributed by atoms with Gasteiger partial charge in [0.2, 0.25) is 11.8 Å². The van der Waals surface area contributed by atoms with E-state index >= 15 is 0 Å². The highest BCUT2D eigenvalue weighted by Gasteiger charge is 2.27. The van der Waals surface area contributed by atoms with Crippen molar-refractivity contribution >= 4 is 11.8 Å².